The highest BCUT2D eigenvalue weighted by Crippen LogP contribution is 2.13. The first-order chi connectivity index (χ1) is 10.3. The van der Waals surface area contributed by atoms with Gasteiger partial charge in [-0.15, -0.1) is 5.10 Å². The van der Waals surface area contributed by atoms with Crippen LogP contribution in [0.5, 0.6) is 5.75 Å². The minimum absolute atomic E-state index is 0.435. The molecule has 0 amide bonds. The lowest BCUT2D eigenvalue weighted by molar-refractivity contribution is 0.306. The molecule has 0 aliphatic carbocycles. The molecule has 0 radical (unpaired) electrons. The molecule has 0 aliphatic heterocycles. The average Bonchev–Trinajstić information content (AvgIpc) is 2.54. The average molecular weight is 299 g/mol. The zero-order chi connectivity index (χ0) is 14.9. The molecular weight excluding hydrogens is 282 g/mol. The van der Waals surface area contributed by atoms with Crippen LogP contribution >= 0.6 is 11.8 Å². The minimum Gasteiger partial charge on any atom is -0.489 e. The number of hydrogen-bond donors (Lipinski definition) is 1. The molecule has 0 spiro atoms. The molecule has 0 fully saturated rings. The summed E-state index contributed by atoms with van der Waals surface area (Å²) in [6.45, 7) is 0.480. The highest BCUT2D eigenvalue weighted by Gasteiger charge is 2.00. The molecule has 0 aliphatic rings. The number of amidine groups is 1. The Morgan fingerprint density at radius 3 is 2.62 bits per heavy atom. The number of ether oxygens (including phenoxy) is 1. The molecule has 0 saturated heterocycles. The van der Waals surface area contributed by atoms with Crippen LogP contribution < -0.4 is 10.5 Å². The van der Waals surface area contributed by atoms with E-state index in [2.05, 4.69) is 10.2 Å². The first-order valence-electron chi connectivity index (χ1n) is 6.46. The summed E-state index contributed by atoms with van der Waals surface area (Å²) in [6, 6.07) is 17.6. The second-order valence-corrected chi connectivity index (χ2v) is 5.01. The van der Waals surface area contributed by atoms with Gasteiger partial charge < -0.3 is 10.5 Å². The van der Waals surface area contributed by atoms with Crippen molar-refractivity contribution in [1.82, 2.24) is 0 Å². The predicted molar refractivity (Wildman–Crippen MR) is 89.9 cm³/mol. The fourth-order valence-electron chi connectivity index (χ4n) is 1.66. The lowest BCUT2D eigenvalue weighted by atomic mass is 10.1. The summed E-state index contributed by atoms with van der Waals surface area (Å²) in [6.07, 6.45) is 3.54. The zero-order valence-electron chi connectivity index (χ0n) is 11.8. The Morgan fingerprint density at radius 2 is 1.86 bits per heavy atom. The molecule has 0 atom stereocenters. The first kappa shape index (κ1) is 15.1. The summed E-state index contributed by atoms with van der Waals surface area (Å²) in [4.78, 5) is 0. The SMILES string of the molecule is CS/C(N)=N/N=C\c1ccccc1COc1ccccc1. The summed E-state index contributed by atoms with van der Waals surface area (Å²) in [5.41, 5.74) is 7.59. The van der Waals surface area contributed by atoms with Crippen LogP contribution in [0.4, 0.5) is 0 Å². The van der Waals surface area contributed by atoms with E-state index in [0.29, 0.717) is 11.8 Å². The quantitative estimate of drug-likeness (QED) is 0.523. The first-order valence-corrected chi connectivity index (χ1v) is 7.68. The molecule has 2 aromatic carbocycles. The molecule has 0 aromatic heterocycles. The molecule has 21 heavy (non-hydrogen) atoms. The molecule has 2 N–H and O–H groups in total. The number of rotatable bonds is 5. The molecule has 5 heteroatoms. The lowest BCUT2D eigenvalue weighted by Crippen LogP contribution is -2.04. The molecule has 0 saturated carbocycles. The highest BCUT2D eigenvalue weighted by molar-refractivity contribution is 8.13. The van der Waals surface area contributed by atoms with Crippen LogP contribution in [-0.2, 0) is 6.61 Å². The van der Waals surface area contributed by atoms with Crippen molar-refractivity contribution in [2.24, 2.45) is 15.9 Å². The maximum Gasteiger partial charge on any atom is 0.180 e. The van der Waals surface area contributed by atoms with Gasteiger partial charge in [-0.25, -0.2) is 0 Å². The van der Waals surface area contributed by atoms with Gasteiger partial charge in [-0.1, -0.05) is 54.2 Å². The number of nitrogens with zero attached hydrogens (tertiary/aromatic N) is 2. The van der Waals surface area contributed by atoms with Gasteiger partial charge in [0.05, 0.1) is 6.21 Å². The number of hydrogen-bond acceptors (Lipinski definition) is 4. The number of benzene rings is 2. The Balaban J connectivity index is 2.06. The van der Waals surface area contributed by atoms with E-state index in [1.165, 1.54) is 11.8 Å². The summed E-state index contributed by atoms with van der Waals surface area (Å²) in [7, 11) is 0. The van der Waals surface area contributed by atoms with Crippen LogP contribution in [0.3, 0.4) is 0 Å². The third-order valence-electron chi connectivity index (χ3n) is 2.75. The summed E-state index contributed by atoms with van der Waals surface area (Å²) in [5, 5.41) is 8.31. The Kier molecular flexibility index (Phi) is 5.84. The fraction of sp³-hybridized carbons (Fsp3) is 0.125. The van der Waals surface area contributed by atoms with Crippen LogP contribution in [0.25, 0.3) is 0 Å². The van der Waals surface area contributed by atoms with Gasteiger partial charge in [0.1, 0.15) is 12.4 Å². The minimum atomic E-state index is 0.435. The third kappa shape index (κ3) is 4.96. The molecule has 4 nitrogen and oxygen atoms in total. The lowest BCUT2D eigenvalue weighted by Gasteiger charge is -2.08. The van der Waals surface area contributed by atoms with Gasteiger partial charge in [0, 0.05) is 5.56 Å². The van der Waals surface area contributed by atoms with E-state index in [1.54, 1.807) is 6.21 Å². The third-order valence-corrected chi connectivity index (χ3v) is 3.25. The molecule has 0 heterocycles. The normalized spacial score (nSPS) is 11.8. The van der Waals surface area contributed by atoms with Crippen LogP contribution in [0, 0.1) is 0 Å². The smallest absolute Gasteiger partial charge is 0.180 e. The van der Waals surface area contributed by atoms with Gasteiger partial charge in [-0.3, -0.25) is 0 Å². The Labute approximate surface area is 128 Å². The molecule has 108 valence electrons. The standard InChI is InChI=1S/C16H17N3OS/c1-21-16(17)19-18-11-13-7-5-6-8-14(13)12-20-15-9-3-2-4-10-15/h2-11H,12H2,1H3,(H2,17,19)/b18-11-. The molecule has 2 aromatic rings. The molecular formula is C16H17N3OS. The maximum atomic E-state index is 5.76. The van der Waals surface area contributed by atoms with Gasteiger partial charge in [-0.05, 0) is 24.0 Å². The van der Waals surface area contributed by atoms with Crippen molar-refractivity contribution in [1.29, 1.82) is 0 Å². The van der Waals surface area contributed by atoms with Gasteiger partial charge in [0.25, 0.3) is 0 Å². The van der Waals surface area contributed by atoms with E-state index in [4.69, 9.17) is 10.5 Å². The Bertz CT molecular complexity index is 626. The summed E-state index contributed by atoms with van der Waals surface area (Å²) >= 11 is 1.36. The Morgan fingerprint density at radius 1 is 1.14 bits per heavy atom. The number of nitrogens with two attached hydrogens (primary N) is 1. The van der Waals surface area contributed by atoms with E-state index in [1.807, 2.05) is 60.9 Å². The maximum absolute atomic E-state index is 5.76. The van der Waals surface area contributed by atoms with Crippen molar-refractivity contribution in [3.63, 3.8) is 0 Å². The van der Waals surface area contributed by atoms with Crippen molar-refractivity contribution in [3.05, 3.63) is 65.7 Å². The van der Waals surface area contributed by atoms with Gasteiger partial charge >= 0.3 is 0 Å². The second kappa shape index (κ2) is 8.11. The van der Waals surface area contributed by atoms with Gasteiger partial charge in [-0.2, -0.15) is 5.10 Å². The summed E-state index contributed by atoms with van der Waals surface area (Å²) < 4.78 is 5.76. The predicted octanol–water partition coefficient (Wildman–Crippen LogP) is 3.28. The van der Waals surface area contributed by atoms with Crippen LogP contribution in [-0.4, -0.2) is 17.6 Å². The van der Waals surface area contributed by atoms with Crippen LogP contribution in [0.15, 0.2) is 64.8 Å². The van der Waals surface area contributed by atoms with Crippen molar-refractivity contribution >= 4 is 23.1 Å². The monoisotopic (exact) mass is 299 g/mol. The van der Waals surface area contributed by atoms with E-state index in [9.17, 15) is 0 Å². The number of para-hydroxylation sites is 1. The molecule has 2 rings (SSSR count). The largest absolute Gasteiger partial charge is 0.489 e. The summed E-state index contributed by atoms with van der Waals surface area (Å²) in [5.74, 6) is 0.842. The van der Waals surface area contributed by atoms with E-state index < -0.39 is 0 Å². The van der Waals surface area contributed by atoms with E-state index >= 15 is 0 Å². The van der Waals surface area contributed by atoms with Gasteiger partial charge in [0.2, 0.25) is 0 Å². The Hall–Kier alpha value is -2.27. The topological polar surface area (TPSA) is 60.0 Å². The molecule has 0 bridgehead atoms. The van der Waals surface area contributed by atoms with Crippen LogP contribution in [0.1, 0.15) is 11.1 Å². The zero-order valence-corrected chi connectivity index (χ0v) is 12.6. The number of thioether (sulfide) groups is 1. The molecule has 0 unspecified atom stereocenters. The van der Waals surface area contributed by atoms with E-state index in [-0.39, 0.29) is 0 Å². The van der Waals surface area contributed by atoms with Crippen molar-refractivity contribution in [3.8, 4) is 5.75 Å². The fourth-order valence-corrected chi connectivity index (χ4v) is 1.79. The van der Waals surface area contributed by atoms with E-state index in [0.717, 1.165) is 16.9 Å². The van der Waals surface area contributed by atoms with Crippen LogP contribution in [0.2, 0.25) is 0 Å². The second-order valence-electron chi connectivity index (χ2n) is 4.19. The highest BCUT2D eigenvalue weighted by atomic mass is 32.2. The van der Waals surface area contributed by atoms with Crippen molar-refractivity contribution in [2.75, 3.05) is 6.26 Å². The van der Waals surface area contributed by atoms with Gasteiger partial charge in [0.15, 0.2) is 5.17 Å². The van der Waals surface area contributed by atoms with Crippen molar-refractivity contribution < 1.29 is 4.74 Å². The van der Waals surface area contributed by atoms with Crippen molar-refractivity contribution in [2.45, 2.75) is 6.61 Å².